The predicted octanol–water partition coefficient (Wildman–Crippen LogP) is 3.06. The molecular weight excluding hydrogens is 651 g/mol. The third-order valence-corrected chi connectivity index (χ3v) is 5.63. The Bertz CT molecular complexity index is 527. The number of amides is 2. The van der Waals surface area contributed by atoms with Crippen LogP contribution in [-0.2, 0) is 40.2 Å². The monoisotopic (exact) mass is 689 g/mol. The normalized spacial score (nSPS) is 18.5. The van der Waals surface area contributed by atoms with Gasteiger partial charge < -0.3 is 32.3 Å². The second-order valence-electron chi connectivity index (χ2n) is 7.24. The molecule has 10 nitrogen and oxygen atoms in total. The summed E-state index contributed by atoms with van der Waals surface area (Å²) in [5, 5.41) is 22.0. The molecule has 2 amide bonds. The van der Waals surface area contributed by atoms with E-state index >= 15 is 0 Å². The number of carboxylic acid groups (broad SMARTS) is 2. The molecule has 1 fully saturated rings. The Balaban J connectivity index is -0.000000410. The molecule has 4 unspecified atom stereocenters. The number of carbonyl (C=O) groups is 4. The van der Waals surface area contributed by atoms with Gasteiger partial charge in [-0.1, -0.05) is 25.7 Å². The molecule has 0 aromatic rings. The van der Waals surface area contributed by atoms with E-state index in [0.717, 1.165) is 24.3 Å². The molecule has 6 N–H and O–H groups in total. The molecule has 4 atom stereocenters. The number of carboxylic acids is 2. The van der Waals surface area contributed by atoms with Crippen LogP contribution < -0.4 is 10.6 Å². The van der Waals surface area contributed by atoms with Crippen LogP contribution in [-0.4, -0.2) is 82.2 Å². The third-order valence-electron chi connectivity index (χ3n) is 4.34. The van der Waals surface area contributed by atoms with Crippen molar-refractivity contribution >= 4 is 47.3 Å². The smallest absolute Gasteiger partial charge is 0.676 e. The van der Waals surface area contributed by atoms with Gasteiger partial charge in [-0.25, -0.2) is 9.59 Å². The quantitative estimate of drug-likeness (QED) is 0.270. The van der Waals surface area contributed by atoms with E-state index < -0.39 is 24.0 Å². The summed E-state index contributed by atoms with van der Waals surface area (Å²) in [6.45, 7) is 2.63. The average Bonchev–Trinajstić information content (AvgIpc) is 2.70. The van der Waals surface area contributed by atoms with Crippen molar-refractivity contribution in [2.75, 3.05) is 24.0 Å². The fourth-order valence-electron chi connectivity index (χ4n) is 2.61. The first-order valence-electron chi connectivity index (χ1n) is 10.4. The molecule has 1 saturated carbocycles. The van der Waals surface area contributed by atoms with Crippen molar-refractivity contribution in [2.24, 2.45) is 0 Å². The minimum atomic E-state index is -0.973. The number of rotatable bonds is 10. The topological polar surface area (TPSA) is 180 Å². The standard InChI is InChI=1S/2C7H13NO3S.C6H12N2.Pt/c2*1-5(9)8-6(7(10)11)3-4-12-2;7-5-3-1-2-4-6(5)8;/h2*6H,3-4H2,1-2H3,(H,8,9)(H,10,11);5-8H,1-4H2;/q;;-2;+2. The molecule has 1 aliphatic rings. The molecule has 0 aromatic carbocycles. The van der Waals surface area contributed by atoms with Crippen LogP contribution in [0.5, 0.6) is 0 Å². The zero-order chi connectivity index (χ0) is 25.1. The van der Waals surface area contributed by atoms with Crippen LogP contribution in [0.1, 0.15) is 52.4 Å². The fraction of sp³-hybridized carbons (Fsp3) is 0.800. The molecule has 0 radical (unpaired) electrons. The first-order valence-corrected chi connectivity index (χ1v) is 13.1. The van der Waals surface area contributed by atoms with Crippen molar-refractivity contribution in [3.63, 3.8) is 0 Å². The number of thioether (sulfide) groups is 2. The van der Waals surface area contributed by atoms with Gasteiger partial charge in [-0.3, -0.25) is 9.59 Å². The number of nitrogens with one attached hydrogen (secondary N) is 4. The second-order valence-corrected chi connectivity index (χ2v) is 9.21. The first kappa shape index (κ1) is 36.8. The largest absolute Gasteiger partial charge is 2.00 e. The van der Waals surface area contributed by atoms with E-state index in [9.17, 15) is 19.2 Å². The number of hydrogen-bond acceptors (Lipinski definition) is 6. The van der Waals surface area contributed by atoms with Gasteiger partial charge in [0.2, 0.25) is 11.8 Å². The van der Waals surface area contributed by atoms with E-state index in [1.165, 1.54) is 26.7 Å². The van der Waals surface area contributed by atoms with Crippen molar-refractivity contribution in [1.29, 1.82) is 0 Å². The summed E-state index contributed by atoms with van der Waals surface area (Å²) in [4.78, 5) is 42.1. The maximum absolute atomic E-state index is 10.5. The van der Waals surface area contributed by atoms with E-state index in [2.05, 4.69) is 10.6 Å². The van der Waals surface area contributed by atoms with Gasteiger partial charge in [0.05, 0.1) is 0 Å². The van der Waals surface area contributed by atoms with Gasteiger partial charge in [0.1, 0.15) is 12.1 Å². The summed E-state index contributed by atoms with van der Waals surface area (Å²) in [5.41, 5.74) is 14.6. The summed E-state index contributed by atoms with van der Waals surface area (Å²) in [7, 11) is 0. The molecule has 13 heteroatoms. The molecule has 1 rings (SSSR count). The van der Waals surface area contributed by atoms with Gasteiger partial charge in [-0.05, 0) is 36.9 Å². The SMILES string of the molecule is CSCCC(NC(C)=O)C(=O)O.CSCCC(NC(C)=O)C(=O)O.[NH-]C1CCCCC1[NH-].[Pt+2]. The van der Waals surface area contributed by atoms with Crippen LogP contribution in [0.2, 0.25) is 0 Å². The molecule has 0 spiro atoms. The van der Waals surface area contributed by atoms with Crippen LogP contribution in [0.3, 0.4) is 0 Å². The van der Waals surface area contributed by atoms with Crippen molar-refractivity contribution in [3.05, 3.63) is 11.5 Å². The Morgan fingerprint density at radius 2 is 1.12 bits per heavy atom. The summed E-state index contributed by atoms with van der Waals surface area (Å²) in [5.74, 6) is -1.08. The molecule has 0 aromatic heterocycles. The second kappa shape index (κ2) is 23.0. The van der Waals surface area contributed by atoms with Crippen molar-refractivity contribution in [1.82, 2.24) is 10.6 Å². The number of carbonyl (C=O) groups excluding carboxylic acids is 2. The van der Waals surface area contributed by atoms with Crippen LogP contribution in [0, 0.1) is 0 Å². The van der Waals surface area contributed by atoms with Gasteiger partial charge >= 0.3 is 33.0 Å². The molecule has 0 bridgehead atoms. The Morgan fingerprint density at radius 3 is 1.30 bits per heavy atom. The molecule has 1 aliphatic carbocycles. The zero-order valence-corrected chi connectivity index (χ0v) is 23.5. The first-order chi connectivity index (χ1) is 15.0. The zero-order valence-electron chi connectivity index (χ0n) is 19.6. The van der Waals surface area contributed by atoms with Crippen molar-refractivity contribution in [2.45, 2.75) is 76.5 Å². The summed E-state index contributed by atoms with van der Waals surface area (Å²) < 4.78 is 0. The maximum Gasteiger partial charge on any atom is 2.00 e. The third kappa shape index (κ3) is 22.7. The molecule has 0 saturated heterocycles. The van der Waals surface area contributed by atoms with Crippen molar-refractivity contribution in [3.8, 4) is 0 Å². The van der Waals surface area contributed by atoms with Crippen molar-refractivity contribution < 1.29 is 50.5 Å². The Hall–Kier alpha value is -0.812. The van der Waals surface area contributed by atoms with Gasteiger partial charge in [0.25, 0.3) is 0 Å². The van der Waals surface area contributed by atoms with E-state index in [4.69, 9.17) is 21.7 Å². The van der Waals surface area contributed by atoms with Crippen LogP contribution in [0.4, 0.5) is 0 Å². The number of hydrogen-bond donors (Lipinski definition) is 4. The summed E-state index contributed by atoms with van der Waals surface area (Å²) in [6, 6.07) is -1.64. The van der Waals surface area contributed by atoms with Gasteiger partial charge in [-0.2, -0.15) is 35.6 Å². The van der Waals surface area contributed by atoms with E-state index in [-0.39, 0.29) is 45.0 Å². The van der Waals surface area contributed by atoms with E-state index in [1.807, 2.05) is 12.5 Å². The Labute approximate surface area is 219 Å². The van der Waals surface area contributed by atoms with Gasteiger partial charge in [0.15, 0.2) is 0 Å². The van der Waals surface area contributed by atoms with E-state index in [1.54, 1.807) is 23.5 Å². The molecule has 33 heavy (non-hydrogen) atoms. The molecule has 0 aliphatic heterocycles. The van der Waals surface area contributed by atoms with Crippen LogP contribution in [0.15, 0.2) is 0 Å². The van der Waals surface area contributed by atoms with Crippen LogP contribution >= 0.6 is 23.5 Å². The molecule has 196 valence electrons. The minimum absolute atomic E-state index is 0. The Kier molecular flexibility index (Phi) is 25.6. The van der Waals surface area contributed by atoms with E-state index in [0.29, 0.717) is 12.8 Å². The average molecular weight is 690 g/mol. The maximum atomic E-state index is 10.5. The molecular formula is C20H38N4O6PtS2. The fourth-order valence-corrected chi connectivity index (χ4v) is 3.55. The van der Waals surface area contributed by atoms with Gasteiger partial charge in [0, 0.05) is 13.8 Å². The van der Waals surface area contributed by atoms with Gasteiger partial charge in [-0.15, -0.1) is 0 Å². The predicted molar refractivity (Wildman–Crippen MR) is 131 cm³/mol. The number of aliphatic carboxylic acids is 2. The van der Waals surface area contributed by atoms with Crippen LogP contribution in [0.25, 0.3) is 11.5 Å². The minimum Gasteiger partial charge on any atom is -0.676 e. The molecule has 0 heterocycles. The Morgan fingerprint density at radius 1 is 0.818 bits per heavy atom. The summed E-state index contributed by atoms with van der Waals surface area (Å²) >= 11 is 3.12. The summed E-state index contributed by atoms with van der Waals surface area (Å²) in [6.07, 6.45) is 8.97.